The maximum atomic E-state index is 12.0. The second-order valence-corrected chi connectivity index (χ2v) is 3.77. The fraction of sp³-hybridized carbons (Fsp3) is 0.182. The Labute approximate surface area is 97.4 Å². The van der Waals surface area contributed by atoms with Gasteiger partial charge in [-0.2, -0.15) is 0 Å². The molecule has 0 bridgehead atoms. The van der Waals surface area contributed by atoms with Gasteiger partial charge in [0, 0.05) is 7.05 Å². The van der Waals surface area contributed by atoms with E-state index in [1.165, 1.54) is 7.05 Å². The van der Waals surface area contributed by atoms with Gasteiger partial charge in [-0.25, -0.2) is 4.79 Å². The van der Waals surface area contributed by atoms with Crippen molar-refractivity contribution in [2.24, 2.45) is 5.73 Å². The Hall–Kier alpha value is -2.37. The van der Waals surface area contributed by atoms with Crippen LogP contribution >= 0.6 is 0 Å². The summed E-state index contributed by atoms with van der Waals surface area (Å²) in [7, 11) is 1.30. The van der Waals surface area contributed by atoms with Crippen LogP contribution in [0, 0.1) is 0 Å². The number of imide groups is 1. The lowest BCUT2D eigenvalue weighted by molar-refractivity contribution is -0.138. The Morgan fingerprint density at radius 1 is 1.29 bits per heavy atom. The van der Waals surface area contributed by atoms with Crippen LogP contribution < -0.4 is 11.1 Å². The second kappa shape index (κ2) is 3.58. The number of benzene rings is 1. The molecule has 2 rings (SSSR count). The molecule has 6 heteroatoms. The highest BCUT2D eigenvalue weighted by Gasteiger charge is 2.55. The molecule has 0 aromatic heterocycles. The molecule has 1 heterocycles. The summed E-state index contributed by atoms with van der Waals surface area (Å²) < 4.78 is 0. The van der Waals surface area contributed by atoms with Crippen LogP contribution in [0.2, 0.25) is 0 Å². The Morgan fingerprint density at radius 2 is 1.88 bits per heavy atom. The van der Waals surface area contributed by atoms with Crippen LogP contribution in [0.3, 0.4) is 0 Å². The fourth-order valence-electron chi connectivity index (χ4n) is 1.83. The van der Waals surface area contributed by atoms with Crippen molar-refractivity contribution in [3.63, 3.8) is 0 Å². The molecule has 1 aromatic carbocycles. The Morgan fingerprint density at radius 3 is 2.29 bits per heavy atom. The van der Waals surface area contributed by atoms with E-state index in [4.69, 9.17) is 5.73 Å². The van der Waals surface area contributed by atoms with E-state index in [1.807, 2.05) is 0 Å². The van der Waals surface area contributed by atoms with E-state index in [2.05, 4.69) is 5.32 Å². The van der Waals surface area contributed by atoms with Crippen molar-refractivity contribution in [2.75, 3.05) is 7.05 Å². The van der Waals surface area contributed by atoms with Crippen molar-refractivity contribution in [1.82, 2.24) is 10.2 Å². The molecule has 1 aromatic rings. The Balaban J connectivity index is 2.61. The van der Waals surface area contributed by atoms with Crippen LogP contribution in [0.25, 0.3) is 0 Å². The Bertz CT molecular complexity index is 500. The van der Waals surface area contributed by atoms with Gasteiger partial charge in [-0.05, 0) is 5.56 Å². The number of hydrogen-bond acceptors (Lipinski definition) is 3. The van der Waals surface area contributed by atoms with E-state index in [0.29, 0.717) is 5.56 Å². The lowest BCUT2D eigenvalue weighted by Crippen LogP contribution is -2.54. The van der Waals surface area contributed by atoms with Gasteiger partial charge in [0.1, 0.15) is 0 Å². The first-order chi connectivity index (χ1) is 8.00. The van der Waals surface area contributed by atoms with Gasteiger partial charge in [-0.3, -0.25) is 14.5 Å². The highest BCUT2D eigenvalue weighted by atomic mass is 16.2. The summed E-state index contributed by atoms with van der Waals surface area (Å²) in [6.07, 6.45) is 0. The van der Waals surface area contributed by atoms with Crippen molar-refractivity contribution in [2.45, 2.75) is 5.54 Å². The third kappa shape index (κ3) is 1.37. The zero-order valence-corrected chi connectivity index (χ0v) is 9.14. The van der Waals surface area contributed by atoms with Crippen molar-refractivity contribution < 1.29 is 14.4 Å². The van der Waals surface area contributed by atoms with Crippen LogP contribution in [-0.2, 0) is 15.1 Å². The van der Waals surface area contributed by atoms with Crippen LogP contribution in [0.4, 0.5) is 4.79 Å². The number of likely N-dealkylation sites (N-methyl/N-ethyl adjacent to an activating group) is 1. The van der Waals surface area contributed by atoms with Crippen molar-refractivity contribution in [3.05, 3.63) is 35.9 Å². The Kier molecular flexibility index (Phi) is 2.35. The molecule has 1 unspecified atom stereocenters. The van der Waals surface area contributed by atoms with Gasteiger partial charge in [-0.1, -0.05) is 30.3 Å². The summed E-state index contributed by atoms with van der Waals surface area (Å²) in [5.74, 6) is -1.56. The molecule has 1 atom stereocenters. The summed E-state index contributed by atoms with van der Waals surface area (Å²) in [6, 6.07) is 7.57. The quantitative estimate of drug-likeness (QED) is 0.535. The number of carbonyl (C=O) groups excluding carboxylic acids is 3. The summed E-state index contributed by atoms with van der Waals surface area (Å²) in [5.41, 5.74) is 3.85. The summed E-state index contributed by atoms with van der Waals surface area (Å²) in [6.45, 7) is 0. The fourth-order valence-corrected chi connectivity index (χ4v) is 1.83. The number of nitrogens with zero attached hydrogens (tertiary/aromatic N) is 1. The molecule has 3 N–H and O–H groups in total. The third-order valence-electron chi connectivity index (χ3n) is 2.80. The standard InChI is InChI=1S/C11H11N3O3/c1-14-9(16)11(8(12)15,13-10(14)17)7-5-3-2-4-6-7/h2-6H,1H3,(H2,12,15)(H,13,17). The van der Waals surface area contributed by atoms with Gasteiger partial charge < -0.3 is 11.1 Å². The van der Waals surface area contributed by atoms with Gasteiger partial charge in [-0.15, -0.1) is 0 Å². The second-order valence-electron chi connectivity index (χ2n) is 3.77. The number of hydrogen-bond donors (Lipinski definition) is 2. The van der Waals surface area contributed by atoms with Crippen molar-refractivity contribution in [3.8, 4) is 0 Å². The van der Waals surface area contributed by atoms with Gasteiger partial charge in [0.2, 0.25) is 5.54 Å². The predicted octanol–water partition coefficient (Wildman–Crippen LogP) is -0.451. The minimum absolute atomic E-state index is 0.357. The van der Waals surface area contributed by atoms with Crippen LogP contribution in [0.15, 0.2) is 30.3 Å². The van der Waals surface area contributed by atoms with Crippen LogP contribution in [-0.4, -0.2) is 29.8 Å². The SMILES string of the molecule is CN1C(=O)NC(C(N)=O)(c2ccccc2)C1=O. The molecule has 1 aliphatic heterocycles. The number of nitrogens with one attached hydrogen (secondary N) is 1. The molecule has 0 spiro atoms. The summed E-state index contributed by atoms with van der Waals surface area (Å²) >= 11 is 0. The molecule has 0 radical (unpaired) electrons. The minimum Gasteiger partial charge on any atom is -0.367 e. The van der Waals surface area contributed by atoms with E-state index >= 15 is 0 Å². The van der Waals surface area contributed by atoms with Crippen molar-refractivity contribution >= 4 is 17.8 Å². The maximum absolute atomic E-state index is 12.0. The number of urea groups is 1. The number of amides is 4. The normalized spacial score (nSPS) is 23.7. The van der Waals surface area contributed by atoms with Gasteiger partial charge in [0.15, 0.2) is 0 Å². The predicted molar refractivity (Wildman–Crippen MR) is 58.6 cm³/mol. The zero-order valence-electron chi connectivity index (χ0n) is 9.14. The highest BCUT2D eigenvalue weighted by molar-refractivity contribution is 6.19. The summed E-state index contributed by atoms with van der Waals surface area (Å²) in [4.78, 5) is 35.9. The van der Waals surface area contributed by atoms with Crippen molar-refractivity contribution in [1.29, 1.82) is 0 Å². The van der Waals surface area contributed by atoms with E-state index in [0.717, 1.165) is 4.90 Å². The van der Waals surface area contributed by atoms with E-state index in [1.54, 1.807) is 30.3 Å². The van der Waals surface area contributed by atoms with E-state index in [-0.39, 0.29) is 0 Å². The first kappa shape index (κ1) is 11.1. The van der Waals surface area contributed by atoms with Gasteiger partial charge in [0.05, 0.1) is 0 Å². The average molecular weight is 233 g/mol. The molecule has 1 saturated heterocycles. The minimum atomic E-state index is -1.78. The molecule has 6 nitrogen and oxygen atoms in total. The number of nitrogens with two attached hydrogens (primary N) is 1. The topological polar surface area (TPSA) is 92.5 Å². The number of rotatable bonds is 2. The maximum Gasteiger partial charge on any atom is 0.325 e. The molecule has 0 saturated carbocycles. The molecule has 1 fully saturated rings. The molecule has 17 heavy (non-hydrogen) atoms. The monoisotopic (exact) mass is 233 g/mol. The molecular formula is C11H11N3O3. The first-order valence-electron chi connectivity index (χ1n) is 4.96. The van der Waals surface area contributed by atoms with Crippen LogP contribution in [0.5, 0.6) is 0 Å². The molecule has 0 aliphatic carbocycles. The number of primary amides is 1. The third-order valence-corrected chi connectivity index (χ3v) is 2.80. The lowest BCUT2D eigenvalue weighted by atomic mass is 9.89. The van der Waals surface area contributed by atoms with E-state index < -0.39 is 23.4 Å². The molecule has 4 amide bonds. The smallest absolute Gasteiger partial charge is 0.325 e. The van der Waals surface area contributed by atoms with Gasteiger partial charge in [0.25, 0.3) is 11.8 Å². The lowest BCUT2D eigenvalue weighted by Gasteiger charge is -2.22. The molecule has 1 aliphatic rings. The highest BCUT2D eigenvalue weighted by Crippen LogP contribution is 2.27. The zero-order chi connectivity index (χ0) is 12.6. The average Bonchev–Trinajstić information content (AvgIpc) is 2.56. The number of carbonyl (C=O) groups is 3. The summed E-state index contributed by atoms with van der Waals surface area (Å²) in [5, 5.41) is 2.35. The van der Waals surface area contributed by atoms with Crippen LogP contribution in [0.1, 0.15) is 5.56 Å². The molecule has 88 valence electrons. The van der Waals surface area contributed by atoms with Gasteiger partial charge >= 0.3 is 6.03 Å². The largest absolute Gasteiger partial charge is 0.367 e. The first-order valence-corrected chi connectivity index (χ1v) is 4.96. The molecular weight excluding hydrogens is 222 g/mol. The van der Waals surface area contributed by atoms with E-state index in [9.17, 15) is 14.4 Å².